The minimum atomic E-state index is -1.11. The lowest BCUT2D eigenvalue weighted by Gasteiger charge is -2.17. The first kappa shape index (κ1) is 14.0. The number of aromatic nitrogens is 1. The van der Waals surface area contributed by atoms with Crippen molar-refractivity contribution in [2.45, 2.75) is 26.1 Å². The average Bonchev–Trinajstić information content (AvgIpc) is 2.28. The molecule has 4 N–H and O–H groups in total. The van der Waals surface area contributed by atoms with Gasteiger partial charge in [0.25, 0.3) is 0 Å². The van der Waals surface area contributed by atoms with E-state index in [1.807, 2.05) is 0 Å². The van der Waals surface area contributed by atoms with Crippen molar-refractivity contribution in [3.05, 3.63) is 23.5 Å². The van der Waals surface area contributed by atoms with Crippen molar-refractivity contribution in [3.63, 3.8) is 0 Å². The average molecular weight is 256 g/mol. The normalized spacial score (nSPS) is 14.4. The second-order valence-corrected chi connectivity index (χ2v) is 4.92. The van der Waals surface area contributed by atoms with E-state index in [0.29, 0.717) is 17.1 Å². The standard InChI is InChI=1S/C11H16N2O3S/c1-6-8(12)3-4-9(13-6)11(16)10(15)5-17-7(2)14/h3-4,10-11,15-16H,5,12H2,1-2H3. The van der Waals surface area contributed by atoms with Crippen molar-refractivity contribution >= 4 is 22.6 Å². The summed E-state index contributed by atoms with van der Waals surface area (Å²) in [5.74, 6) is 0.140. The smallest absolute Gasteiger partial charge is 0.185 e. The molecule has 1 rings (SSSR count). The number of carbonyl (C=O) groups excluding carboxylic acids is 1. The predicted octanol–water partition coefficient (Wildman–Crippen LogP) is 0.646. The van der Waals surface area contributed by atoms with Gasteiger partial charge in [0.05, 0.1) is 23.2 Å². The molecule has 1 heterocycles. The van der Waals surface area contributed by atoms with Gasteiger partial charge >= 0.3 is 0 Å². The fourth-order valence-corrected chi connectivity index (χ4v) is 1.83. The van der Waals surface area contributed by atoms with E-state index in [2.05, 4.69) is 4.98 Å². The van der Waals surface area contributed by atoms with Crippen LogP contribution in [0.4, 0.5) is 5.69 Å². The van der Waals surface area contributed by atoms with E-state index in [-0.39, 0.29) is 10.9 Å². The van der Waals surface area contributed by atoms with Gasteiger partial charge in [0.15, 0.2) is 5.12 Å². The molecule has 0 bridgehead atoms. The van der Waals surface area contributed by atoms with Gasteiger partial charge in [-0.25, -0.2) is 0 Å². The van der Waals surface area contributed by atoms with Crippen molar-refractivity contribution in [2.75, 3.05) is 11.5 Å². The summed E-state index contributed by atoms with van der Waals surface area (Å²) in [7, 11) is 0. The van der Waals surface area contributed by atoms with E-state index >= 15 is 0 Å². The number of hydrogen-bond acceptors (Lipinski definition) is 6. The van der Waals surface area contributed by atoms with Crippen LogP contribution in [0.2, 0.25) is 0 Å². The van der Waals surface area contributed by atoms with Crippen LogP contribution in [-0.2, 0) is 4.79 Å². The Bertz CT molecular complexity index is 412. The number of pyridine rings is 1. The van der Waals surface area contributed by atoms with Gasteiger partial charge in [-0.2, -0.15) is 0 Å². The predicted molar refractivity (Wildman–Crippen MR) is 67.5 cm³/mol. The molecule has 1 aromatic heterocycles. The van der Waals surface area contributed by atoms with Crippen molar-refractivity contribution in [2.24, 2.45) is 0 Å². The van der Waals surface area contributed by atoms with Gasteiger partial charge < -0.3 is 15.9 Å². The molecule has 0 amide bonds. The number of aliphatic hydroxyl groups excluding tert-OH is 2. The maximum absolute atomic E-state index is 10.7. The number of nitrogens with two attached hydrogens (primary N) is 1. The Morgan fingerprint density at radius 2 is 2.18 bits per heavy atom. The second-order valence-electron chi connectivity index (χ2n) is 3.73. The Morgan fingerprint density at radius 3 is 2.71 bits per heavy atom. The summed E-state index contributed by atoms with van der Waals surface area (Å²) in [5.41, 5.74) is 7.10. The van der Waals surface area contributed by atoms with E-state index in [4.69, 9.17) is 5.73 Å². The molecule has 2 unspecified atom stereocenters. The quantitative estimate of drug-likeness (QED) is 0.732. The zero-order valence-electron chi connectivity index (χ0n) is 9.75. The van der Waals surface area contributed by atoms with Crippen LogP contribution in [0, 0.1) is 6.92 Å². The molecule has 0 fully saturated rings. The van der Waals surface area contributed by atoms with Crippen molar-refractivity contribution < 1.29 is 15.0 Å². The zero-order valence-corrected chi connectivity index (χ0v) is 10.6. The fourth-order valence-electron chi connectivity index (χ4n) is 1.25. The molecule has 0 radical (unpaired) electrons. The summed E-state index contributed by atoms with van der Waals surface area (Å²) in [6.07, 6.45) is -2.14. The number of aliphatic hydroxyl groups is 2. The Morgan fingerprint density at radius 1 is 1.53 bits per heavy atom. The van der Waals surface area contributed by atoms with Gasteiger partial charge in [0.2, 0.25) is 0 Å². The number of aryl methyl sites for hydroxylation is 1. The highest BCUT2D eigenvalue weighted by Gasteiger charge is 2.20. The van der Waals surface area contributed by atoms with E-state index < -0.39 is 12.2 Å². The van der Waals surface area contributed by atoms with Crippen molar-refractivity contribution in [1.29, 1.82) is 0 Å². The minimum Gasteiger partial charge on any atom is -0.397 e. The molecule has 0 aliphatic heterocycles. The topological polar surface area (TPSA) is 96.4 Å². The van der Waals surface area contributed by atoms with Crippen LogP contribution in [0.5, 0.6) is 0 Å². The lowest BCUT2D eigenvalue weighted by molar-refractivity contribution is -0.109. The molecular formula is C11H16N2O3S. The summed E-state index contributed by atoms with van der Waals surface area (Å²) in [4.78, 5) is 14.8. The summed E-state index contributed by atoms with van der Waals surface area (Å²) in [5, 5.41) is 19.4. The summed E-state index contributed by atoms with van der Waals surface area (Å²) < 4.78 is 0. The van der Waals surface area contributed by atoms with E-state index in [1.165, 1.54) is 6.92 Å². The molecule has 0 aliphatic carbocycles. The number of hydrogen-bond donors (Lipinski definition) is 3. The Hall–Kier alpha value is -1.11. The maximum atomic E-state index is 10.7. The molecular weight excluding hydrogens is 240 g/mol. The first-order chi connectivity index (χ1) is 7.91. The van der Waals surface area contributed by atoms with Gasteiger partial charge in [0, 0.05) is 12.7 Å². The van der Waals surface area contributed by atoms with E-state index in [9.17, 15) is 15.0 Å². The zero-order chi connectivity index (χ0) is 13.0. The van der Waals surface area contributed by atoms with E-state index in [0.717, 1.165) is 11.8 Å². The second kappa shape index (κ2) is 6.00. The van der Waals surface area contributed by atoms with Gasteiger partial charge in [-0.05, 0) is 19.1 Å². The van der Waals surface area contributed by atoms with Crippen LogP contribution in [0.3, 0.4) is 0 Å². The molecule has 0 aromatic carbocycles. The molecule has 94 valence electrons. The lowest BCUT2D eigenvalue weighted by atomic mass is 10.1. The number of thioether (sulfide) groups is 1. The molecule has 2 atom stereocenters. The van der Waals surface area contributed by atoms with Crippen LogP contribution in [0.15, 0.2) is 12.1 Å². The maximum Gasteiger partial charge on any atom is 0.185 e. The Labute approximate surface area is 104 Å². The highest BCUT2D eigenvalue weighted by Crippen LogP contribution is 2.20. The minimum absolute atomic E-state index is 0.0994. The van der Waals surface area contributed by atoms with Crippen LogP contribution >= 0.6 is 11.8 Å². The monoisotopic (exact) mass is 256 g/mol. The molecule has 6 heteroatoms. The van der Waals surface area contributed by atoms with Crippen molar-refractivity contribution in [1.82, 2.24) is 4.98 Å². The largest absolute Gasteiger partial charge is 0.397 e. The number of nitrogens with zero attached hydrogens (tertiary/aromatic N) is 1. The lowest BCUT2D eigenvalue weighted by Crippen LogP contribution is -2.22. The molecule has 0 spiro atoms. The molecule has 0 saturated carbocycles. The Balaban J connectivity index is 2.70. The third kappa shape index (κ3) is 3.99. The molecule has 0 saturated heterocycles. The van der Waals surface area contributed by atoms with Gasteiger partial charge in [0.1, 0.15) is 6.10 Å². The summed E-state index contributed by atoms with van der Waals surface area (Å²) >= 11 is 0.968. The van der Waals surface area contributed by atoms with Crippen LogP contribution in [0.25, 0.3) is 0 Å². The summed E-state index contributed by atoms with van der Waals surface area (Å²) in [6.45, 7) is 3.14. The first-order valence-corrected chi connectivity index (χ1v) is 6.13. The number of anilines is 1. The van der Waals surface area contributed by atoms with Gasteiger partial charge in [-0.3, -0.25) is 9.78 Å². The number of carbonyl (C=O) groups is 1. The highest BCUT2D eigenvalue weighted by atomic mass is 32.2. The van der Waals surface area contributed by atoms with Crippen LogP contribution < -0.4 is 5.73 Å². The molecule has 0 aliphatic rings. The van der Waals surface area contributed by atoms with E-state index in [1.54, 1.807) is 19.1 Å². The first-order valence-electron chi connectivity index (χ1n) is 5.14. The fraction of sp³-hybridized carbons (Fsp3) is 0.455. The third-order valence-corrected chi connectivity index (χ3v) is 3.19. The van der Waals surface area contributed by atoms with Crippen LogP contribution in [-0.4, -0.2) is 32.2 Å². The highest BCUT2D eigenvalue weighted by molar-refractivity contribution is 8.13. The Kier molecular flexibility index (Phi) is 4.92. The number of rotatable bonds is 4. The third-order valence-electron chi connectivity index (χ3n) is 2.27. The molecule has 5 nitrogen and oxygen atoms in total. The van der Waals surface area contributed by atoms with Gasteiger partial charge in [-0.1, -0.05) is 11.8 Å². The molecule has 17 heavy (non-hydrogen) atoms. The number of nitrogen functional groups attached to an aromatic ring is 1. The van der Waals surface area contributed by atoms with Crippen molar-refractivity contribution in [3.8, 4) is 0 Å². The van der Waals surface area contributed by atoms with Gasteiger partial charge in [-0.15, -0.1) is 0 Å². The summed E-state index contributed by atoms with van der Waals surface area (Å²) in [6, 6.07) is 3.19. The van der Waals surface area contributed by atoms with Crippen LogP contribution in [0.1, 0.15) is 24.4 Å². The molecule has 1 aromatic rings. The SMILES string of the molecule is CC(=O)SCC(O)C(O)c1ccc(N)c(C)n1.